The number of anilines is 1. The van der Waals surface area contributed by atoms with E-state index in [9.17, 15) is 14.7 Å². The number of aromatic amines is 1. The molecule has 27 heavy (non-hydrogen) atoms. The lowest BCUT2D eigenvalue weighted by atomic mass is 9.81. The van der Waals surface area contributed by atoms with Crippen molar-refractivity contribution in [3.05, 3.63) is 51.7 Å². The summed E-state index contributed by atoms with van der Waals surface area (Å²) in [5.41, 5.74) is 1.46. The molecule has 0 bridgehead atoms. The van der Waals surface area contributed by atoms with Crippen LogP contribution in [0, 0.1) is 25.2 Å². The topological polar surface area (TPSA) is 102 Å². The van der Waals surface area contributed by atoms with Crippen molar-refractivity contribution < 1.29 is 9.90 Å². The molecule has 0 aromatic carbocycles. The Morgan fingerprint density at radius 1 is 1.30 bits per heavy atom. The third kappa shape index (κ3) is 2.90. The van der Waals surface area contributed by atoms with Crippen LogP contribution in [0.3, 0.4) is 0 Å². The highest BCUT2D eigenvalue weighted by Gasteiger charge is 2.58. The average Bonchev–Trinajstić information content (AvgIpc) is 3.18. The Hall–Kier alpha value is -2.74. The number of pyridine rings is 1. The molecule has 0 amide bonds. The SMILES string of the molecule is Cc1c[nH]c(CN2C[C@H]3CN(c4ncccn4)C[C@@]3(C(=O)O)C2)c(C)c1=O. The standard InChI is InChI=1S/C19H23N5O3/c1-12-6-22-15(13(2)16(12)25)9-23-7-14-8-24(18-20-4-3-5-21-18)11-19(14,10-23)17(26)27/h3-6,14H,7-11H2,1-2H3,(H,22,25)(H,26,27)/t14-,19-/m0/s1. The fourth-order valence-corrected chi connectivity index (χ4v) is 4.39. The minimum Gasteiger partial charge on any atom is -0.481 e. The van der Waals surface area contributed by atoms with E-state index >= 15 is 0 Å². The van der Waals surface area contributed by atoms with Gasteiger partial charge in [-0.2, -0.15) is 0 Å². The fourth-order valence-electron chi connectivity index (χ4n) is 4.39. The first-order chi connectivity index (χ1) is 12.9. The summed E-state index contributed by atoms with van der Waals surface area (Å²) in [6, 6.07) is 1.75. The molecule has 0 unspecified atom stereocenters. The zero-order valence-electron chi connectivity index (χ0n) is 15.5. The van der Waals surface area contributed by atoms with Crippen LogP contribution in [0.5, 0.6) is 0 Å². The number of fused-ring (bicyclic) bond motifs is 1. The summed E-state index contributed by atoms with van der Waals surface area (Å²) in [6.07, 6.45) is 5.07. The Labute approximate surface area is 156 Å². The van der Waals surface area contributed by atoms with Crippen LogP contribution in [0.15, 0.2) is 29.5 Å². The number of nitrogens with zero attached hydrogens (tertiary/aromatic N) is 4. The number of aryl methyl sites for hydroxylation is 1. The smallest absolute Gasteiger partial charge is 0.313 e. The monoisotopic (exact) mass is 369 g/mol. The number of likely N-dealkylation sites (tertiary alicyclic amines) is 1. The number of carbonyl (C=O) groups is 1. The van der Waals surface area contributed by atoms with Gasteiger partial charge in [-0.15, -0.1) is 0 Å². The van der Waals surface area contributed by atoms with Gasteiger partial charge in [0, 0.05) is 74.1 Å². The summed E-state index contributed by atoms with van der Waals surface area (Å²) in [4.78, 5) is 40.2. The number of nitrogens with one attached hydrogen (secondary N) is 1. The Balaban J connectivity index is 1.55. The summed E-state index contributed by atoms with van der Waals surface area (Å²) in [5.74, 6) is -0.198. The molecule has 0 saturated carbocycles. The van der Waals surface area contributed by atoms with Crippen molar-refractivity contribution in [1.29, 1.82) is 0 Å². The molecule has 2 aromatic heterocycles. The number of H-pyrrole nitrogens is 1. The Kier molecular flexibility index (Phi) is 4.22. The molecule has 8 heteroatoms. The maximum atomic E-state index is 12.2. The first-order valence-electron chi connectivity index (χ1n) is 9.06. The van der Waals surface area contributed by atoms with E-state index in [0.717, 1.165) is 5.69 Å². The second kappa shape index (κ2) is 6.45. The van der Waals surface area contributed by atoms with Gasteiger partial charge >= 0.3 is 5.97 Å². The lowest BCUT2D eigenvalue weighted by Crippen LogP contribution is -2.41. The largest absolute Gasteiger partial charge is 0.481 e. The van der Waals surface area contributed by atoms with E-state index in [1.807, 2.05) is 11.8 Å². The van der Waals surface area contributed by atoms with Crippen LogP contribution in [-0.2, 0) is 11.3 Å². The molecule has 4 rings (SSSR count). The second-order valence-electron chi connectivity index (χ2n) is 7.66. The second-order valence-corrected chi connectivity index (χ2v) is 7.66. The first kappa shape index (κ1) is 17.7. The first-order valence-corrected chi connectivity index (χ1v) is 9.06. The zero-order valence-corrected chi connectivity index (χ0v) is 15.5. The van der Waals surface area contributed by atoms with Crippen LogP contribution in [0.1, 0.15) is 16.8 Å². The quantitative estimate of drug-likeness (QED) is 0.822. The fraction of sp³-hybridized carbons (Fsp3) is 0.474. The molecular formula is C19H23N5O3. The molecule has 142 valence electrons. The van der Waals surface area contributed by atoms with Crippen molar-refractivity contribution in [2.75, 3.05) is 31.1 Å². The van der Waals surface area contributed by atoms with Gasteiger partial charge in [0.25, 0.3) is 0 Å². The zero-order chi connectivity index (χ0) is 19.2. The van der Waals surface area contributed by atoms with Crippen LogP contribution in [0.2, 0.25) is 0 Å². The maximum absolute atomic E-state index is 12.2. The highest BCUT2D eigenvalue weighted by Crippen LogP contribution is 2.44. The lowest BCUT2D eigenvalue weighted by molar-refractivity contribution is -0.148. The number of carboxylic acids is 1. The molecule has 0 radical (unpaired) electrons. The van der Waals surface area contributed by atoms with E-state index in [1.165, 1.54) is 0 Å². The Morgan fingerprint density at radius 2 is 2.04 bits per heavy atom. The maximum Gasteiger partial charge on any atom is 0.313 e. The molecule has 2 saturated heterocycles. The Morgan fingerprint density at radius 3 is 2.70 bits per heavy atom. The summed E-state index contributed by atoms with van der Waals surface area (Å²) in [6.45, 7) is 6.30. The molecule has 4 heterocycles. The molecule has 2 N–H and O–H groups in total. The molecule has 2 aliphatic rings. The van der Waals surface area contributed by atoms with E-state index in [-0.39, 0.29) is 11.3 Å². The molecule has 0 spiro atoms. The minimum atomic E-state index is -0.835. The summed E-state index contributed by atoms with van der Waals surface area (Å²) in [5, 5.41) is 10.0. The van der Waals surface area contributed by atoms with Crippen LogP contribution < -0.4 is 10.3 Å². The van der Waals surface area contributed by atoms with Gasteiger partial charge in [0.1, 0.15) is 5.41 Å². The lowest BCUT2D eigenvalue weighted by Gasteiger charge is -2.25. The molecule has 8 nitrogen and oxygen atoms in total. The van der Waals surface area contributed by atoms with Crippen molar-refractivity contribution in [2.24, 2.45) is 11.3 Å². The van der Waals surface area contributed by atoms with Gasteiger partial charge in [-0.25, -0.2) is 9.97 Å². The van der Waals surface area contributed by atoms with Crippen molar-refractivity contribution >= 4 is 11.9 Å². The van der Waals surface area contributed by atoms with E-state index in [1.54, 1.807) is 31.6 Å². The van der Waals surface area contributed by atoms with E-state index < -0.39 is 11.4 Å². The van der Waals surface area contributed by atoms with Crippen LogP contribution >= 0.6 is 0 Å². The van der Waals surface area contributed by atoms with Gasteiger partial charge < -0.3 is 15.0 Å². The van der Waals surface area contributed by atoms with E-state index in [4.69, 9.17) is 0 Å². The number of aromatic nitrogens is 3. The summed E-state index contributed by atoms with van der Waals surface area (Å²) >= 11 is 0. The highest BCUT2D eigenvalue weighted by atomic mass is 16.4. The van der Waals surface area contributed by atoms with Crippen molar-refractivity contribution in [3.63, 3.8) is 0 Å². The van der Waals surface area contributed by atoms with Gasteiger partial charge in [0.05, 0.1) is 0 Å². The summed E-state index contributed by atoms with van der Waals surface area (Å²) < 4.78 is 0. The average molecular weight is 369 g/mol. The van der Waals surface area contributed by atoms with E-state index in [2.05, 4.69) is 19.9 Å². The number of hydrogen-bond donors (Lipinski definition) is 2. The van der Waals surface area contributed by atoms with Crippen LogP contribution in [-0.4, -0.2) is 57.1 Å². The predicted molar refractivity (Wildman–Crippen MR) is 99.6 cm³/mol. The highest BCUT2D eigenvalue weighted by molar-refractivity contribution is 5.78. The van der Waals surface area contributed by atoms with Crippen molar-refractivity contribution in [3.8, 4) is 0 Å². The number of aliphatic carboxylic acids is 1. The molecule has 2 fully saturated rings. The molecule has 0 aliphatic carbocycles. The van der Waals surface area contributed by atoms with Crippen LogP contribution in [0.25, 0.3) is 0 Å². The molecular weight excluding hydrogens is 346 g/mol. The number of rotatable bonds is 4. The van der Waals surface area contributed by atoms with Crippen molar-refractivity contribution in [2.45, 2.75) is 20.4 Å². The molecule has 2 aliphatic heterocycles. The minimum absolute atomic E-state index is 0.00344. The van der Waals surface area contributed by atoms with Gasteiger partial charge in [-0.05, 0) is 19.9 Å². The molecule has 2 aromatic rings. The normalized spacial score (nSPS) is 25.0. The third-order valence-electron chi connectivity index (χ3n) is 5.94. The van der Waals surface area contributed by atoms with Crippen molar-refractivity contribution in [1.82, 2.24) is 19.9 Å². The summed E-state index contributed by atoms with van der Waals surface area (Å²) in [7, 11) is 0. The van der Waals surface area contributed by atoms with Crippen LogP contribution in [0.4, 0.5) is 5.95 Å². The van der Waals surface area contributed by atoms with E-state index in [0.29, 0.717) is 49.8 Å². The van der Waals surface area contributed by atoms with Gasteiger partial charge in [0.2, 0.25) is 5.95 Å². The third-order valence-corrected chi connectivity index (χ3v) is 5.94. The molecule has 2 atom stereocenters. The number of hydrogen-bond acceptors (Lipinski definition) is 6. The number of carboxylic acid groups (broad SMARTS) is 1. The van der Waals surface area contributed by atoms with Gasteiger partial charge in [-0.1, -0.05) is 0 Å². The predicted octanol–water partition coefficient (Wildman–Crippen LogP) is 0.805. The van der Waals surface area contributed by atoms with Gasteiger partial charge in [0.15, 0.2) is 5.43 Å². The Bertz CT molecular complexity index is 929. The van der Waals surface area contributed by atoms with Gasteiger partial charge in [-0.3, -0.25) is 14.5 Å².